The minimum Gasteiger partial charge on any atom is -0.396 e. The number of likely N-dealkylation sites (tertiary alicyclic amines) is 1. The molecule has 3 unspecified atom stereocenters. The van der Waals surface area contributed by atoms with Crippen molar-refractivity contribution in [1.29, 1.82) is 0 Å². The number of hydrogen-bond donors (Lipinski definition) is 1. The van der Waals surface area contributed by atoms with Crippen LogP contribution >= 0.6 is 0 Å². The number of carbonyl (C=O) groups is 1. The quantitative estimate of drug-likeness (QED) is 0.740. The molecule has 1 aliphatic rings. The van der Waals surface area contributed by atoms with E-state index in [2.05, 4.69) is 20.8 Å². The van der Waals surface area contributed by atoms with E-state index in [1.807, 2.05) is 4.90 Å². The summed E-state index contributed by atoms with van der Waals surface area (Å²) in [7, 11) is 0. The van der Waals surface area contributed by atoms with Gasteiger partial charge in [-0.25, -0.2) is 0 Å². The average Bonchev–Trinajstić information content (AvgIpc) is 2.57. The normalized spacial score (nSPS) is 26.7. The molecular formula is C11H21NO2. The predicted octanol–water partition coefficient (Wildman–Crippen LogP) is 1.26. The van der Waals surface area contributed by atoms with Crippen LogP contribution in [-0.4, -0.2) is 35.1 Å². The SMILES string of the molecule is CCC(C)C(C)N1CC(CO)CC1=O. The molecule has 0 aromatic heterocycles. The molecule has 0 radical (unpaired) electrons. The third-order valence-corrected chi connectivity index (χ3v) is 3.46. The van der Waals surface area contributed by atoms with E-state index in [1.54, 1.807) is 0 Å². The fourth-order valence-corrected chi connectivity index (χ4v) is 1.97. The molecule has 0 saturated carbocycles. The monoisotopic (exact) mass is 199 g/mol. The summed E-state index contributed by atoms with van der Waals surface area (Å²) in [6.07, 6.45) is 1.62. The van der Waals surface area contributed by atoms with Gasteiger partial charge in [-0.3, -0.25) is 4.79 Å². The maximum absolute atomic E-state index is 11.6. The lowest BCUT2D eigenvalue weighted by molar-refractivity contribution is -0.130. The molecule has 1 fully saturated rings. The summed E-state index contributed by atoms with van der Waals surface area (Å²) in [5.41, 5.74) is 0. The highest BCUT2D eigenvalue weighted by Crippen LogP contribution is 2.23. The van der Waals surface area contributed by atoms with E-state index in [-0.39, 0.29) is 18.4 Å². The van der Waals surface area contributed by atoms with Crippen LogP contribution in [0.5, 0.6) is 0 Å². The molecule has 0 bridgehead atoms. The van der Waals surface area contributed by atoms with Crippen molar-refractivity contribution in [3.63, 3.8) is 0 Å². The summed E-state index contributed by atoms with van der Waals surface area (Å²) in [6.45, 7) is 7.29. The third-order valence-electron chi connectivity index (χ3n) is 3.46. The molecule has 14 heavy (non-hydrogen) atoms. The highest BCUT2D eigenvalue weighted by molar-refractivity contribution is 5.79. The van der Waals surface area contributed by atoms with E-state index in [0.717, 1.165) is 13.0 Å². The third kappa shape index (κ3) is 2.27. The van der Waals surface area contributed by atoms with E-state index in [0.29, 0.717) is 18.4 Å². The Labute approximate surface area is 86.1 Å². The number of nitrogens with zero attached hydrogens (tertiary/aromatic N) is 1. The topological polar surface area (TPSA) is 40.5 Å². The lowest BCUT2D eigenvalue weighted by Crippen LogP contribution is -2.38. The second kappa shape index (κ2) is 4.78. The summed E-state index contributed by atoms with van der Waals surface area (Å²) in [4.78, 5) is 13.5. The van der Waals surface area contributed by atoms with Crippen LogP contribution in [0.15, 0.2) is 0 Å². The molecule has 82 valence electrons. The molecule has 3 nitrogen and oxygen atoms in total. The van der Waals surface area contributed by atoms with Crippen LogP contribution in [0.1, 0.15) is 33.6 Å². The first-order valence-electron chi connectivity index (χ1n) is 5.50. The van der Waals surface area contributed by atoms with Crippen LogP contribution in [0.2, 0.25) is 0 Å². The Kier molecular flexibility index (Phi) is 3.93. The van der Waals surface area contributed by atoms with Gasteiger partial charge in [0.1, 0.15) is 0 Å². The molecule has 1 N–H and O–H groups in total. The molecule has 1 rings (SSSR count). The lowest BCUT2D eigenvalue weighted by Gasteiger charge is -2.29. The van der Waals surface area contributed by atoms with Gasteiger partial charge < -0.3 is 10.0 Å². The van der Waals surface area contributed by atoms with Crippen molar-refractivity contribution in [1.82, 2.24) is 4.90 Å². The summed E-state index contributed by atoms with van der Waals surface area (Å²) in [5, 5.41) is 9.00. The smallest absolute Gasteiger partial charge is 0.223 e. The van der Waals surface area contributed by atoms with Gasteiger partial charge in [0, 0.05) is 31.5 Å². The highest BCUT2D eigenvalue weighted by atomic mass is 16.3. The summed E-state index contributed by atoms with van der Waals surface area (Å²) in [5.74, 6) is 0.905. The zero-order valence-corrected chi connectivity index (χ0v) is 9.36. The van der Waals surface area contributed by atoms with Crippen molar-refractivity contribution < 1.29 is 9.90 Å². The van der Waals surface area contributed by atoms with Crippen molar-refractivity contribution in [2.45, 2.75) is 39.7 Å². The minimum absolute atomic E-state index is 0.134. The molecule has 3 atom stereocenters. The van der Waals surface area contributed by atoms with Crippen molar-refractivity contribution in [2.75, 3.05) is 13.2 Å². The fourth-order valence-electron chi connectivity index (χ4n) is 1.97. The Morgan fingerprint density at radius 2 is 2.21 bits per heavy atom. The second-order valence-corrected chi connectivity index (χ2v) is 4.42. The Balaban J connectivity index is 2.56. The molecule has 3 heteroatoms. The van der Waals surface area contributed by atoms with Crippen LogP contribution < -0.4 is 0 Å². The van der Waals surface area contributed by atoms with Gasteiger partial charge in [-0.2, -0.15) is 0 Å². The summed E-state index contributed by atoms with van der Waals surface area (Å²) in [6, 6.07) is 0.309. The van der Waals surface area contributed by atoms with Gasteiger partial charge in [0.15, 0.2) is 0 Å². The van der Waals surface area contributed by atoms with Gasteiger partial charge in [-0.05, 0) is 12.8 Å². The standard InChI is InChI=1S/C11H21NO2/c1-4-8(2)9(3)12-6-10(7-13)5-11(12)14/h8-10,13H,4-7H2,1-3H3. The van der Waals surface area contributed by atoms with E-state index < -0.39 is 0 Å². The van der Waals surface area contributed by atoms with Crippen molar-refractivity contribution in [3.8, 4) is 0 Å². The first-order valence-corrected chi connectivity index (χ1v) is 5.50. The van der Waals surface area contributed by atoms with Gasteiger partial charge in [-0.1, -0.05) is 20.3 Å². The molecule has 1 amide bonds. The maximum atomic E-state index is 11.6. The lowest BCUT2D eigenvalue weighted by atomic mass is 10.00. The summed E-state index contributed by atoms with van der Waals surface area (Å²) >= 11 is 0. The largest absolute Gasteiger partial charge is 0.396 e. The fraction of sp³-hybridized carbons (Fsp3) is 0.909. The zero-order chi connectivity index (χ0) is 10.7. The number of rotatable bonds is 4. The minimum atomic E-state index is 0.134. The molecular weight excluding hydrogens is 178 g/mol. The zero-order valence-electron chi connectivity index (χ0n) is 9.36. The Morgan fingerprint density at radius 1 is 1.57 bits per heavy atom. The van der Waals surface area contributed by atoms with Crippen LogP contribution in [0.4, 0.5) is 0 Å². The van der Waals surface area contributed by atoms with Crippen LogP contribution in [-0.2, 0) is 4.79 Å². The Bertz CT molecular complexity index is 205. The van der Waals surface area contributed by atoms with E-state index >= 15 is 0 Å². The van der Waals surface area contributed by atoms with Crippen LogP contribution in [0.3, 0.4) is 0 Å². The van der Waals surface area contributed by atoms with Gasteiger partial charge in [0.2, 0.25) is 5.91 Å². The number of hydrogen-bond acceptors (Lipinski definition) is 2. The molecule has 0 aromatic rings. The molecule has 1 heterocycles. The predicted molar refractivity (Wildman–Crippen MR) is 55.8 cm³/mol. The Hall–Kier alpha value is -0.570. The second-order valence-electron chi connectivity index (χ2n) is 4.42. The molecule has 1 aliphatic heterocycles. The molecule has 0 spiro atoms. The number of amides is 1. The first kappa shape index (κ1) is 11.5. The maximum Gasteiger partial charge on any atom is 0.223 e. The van der Waals surface area contributed by atoms with E-state index in [1.165, 1.54) is 0 Å². The Morgan fingerprint density at radius 3 is 2.64 bits per heavy atom. The van der Waals surface area contributed by atoms with Crippen molar-refractivity contribution >= 4 is 5.91 Å². The molecule has 0 aromatic carbocycles. The van der Waals surface area contributed by atoms with Gasteiger partial charge >= 0.3 is 0 Å². The van der Waals surface area contributed by atoms with Gasteiger partial charge in [0.05, 0.1) is 0 Å². The first-order chi connectivity index (χ1) is 6.60. The van der Waals surface area contributed by atoms with Gasteiger partial charge in [0.25, 0.3) is 0 Å². The van der Waals surface area contributed by atoms with Crippen LogP contribution in [0, 0.1) is 11.8 Å². The highest BCUT2D eigenvalue weighted by Gasteiger charge is 2.33. The molecule has 0 aliphatic carbocycles. The summed E-state index contributed by atoms with van der Waals surface area (Å²) < 4.78 is 0. The van der Waals surface area contributed by atoms with E-state index in [4.69, 9.17) is 5.11 Å². The van der Waals surface area contributed by atoms with Crippen molar-refractivity contribution in [3.05, 3.63) is 0 Å². The number of aliphatic hydroxyl groups is 1. The van der Waals surface area contributed by atoms with Crippen LogP contribution in [0.25, 0.3) is 0 Å². The van der Waals surface area contributed by atoms with E-state index in [9.17, 15) is 4.79 Å². The number of aliphatic hydroxyl groups excluding tert-OH is 1. The number of carbonyl (C=O) groups excluding carboxylic acids is 1. The molecule has 1 saturated heterocycles. The van der Waals surface area contributed by atoms with Crippen molar-refractivity contribution in [2.24, 2.45) is 11.8 Å². The average molecular weight is 199 g/mol. The van der Waals surface area contributed by atoms with Gasteiger partial charge in [-0.15, -0.1) is 0 Å².